The fraction of sp³-hybridized carbons (Fsp3) is 0.364. The summed E-state index contributed by atoms with van der Waals surface area (Å²) in [5.74, 6) is -0.426. The van der Waals surface area contributed by atoms with E-state index >= 15 is 0 Å². The average Bonchev–Trinajstić information content (AvgIpc) is 2.26. The van der Waals surface area contributed by atoms with Gasteiger partial charge in [-0.2, -0.15) is 0 Å². The molecule has 1 rings (SSSR count). The molecule has 1 aromatic rings. The Kier molecular flexibility index (Phi) is 4.27. The van der Waals surface area contributed by atoms with Gasteiger partial charge in [-0.3, -0.25) is 10.1 Å². The van der Waals surface area contributed by atoms with Crippen molar-refractivity contribution in [2.75, 3.05) is 6.61 Å². The first kappa shape index (κ1) is 11.7. The average molecular weight is 208 g/mol. The molecule has 2 atom stereocenters. The van der Waals surface area contributed by atoms with Gasteiger partial charge in [0.25, 0.3) is 0 Å². The Balaban J connectivity index is 2.69. The van der Waals surface area contributed by atoms with Crippen molar-refractivity contribution in [3.63, 3.8) is 0 Å². The molecule has 2 unspecified atom stereocenters. The van der Waals surface area contributed by atoms with E-state index in [1.807, 2.05) is 30.3 Å². The number of carbonyl (C=O) groups is 1. The van der Waals surface area contributed by atoms with Gasteiger partial charge in [0.15, 0.2) is 0 Å². The molecule has 0 saturated carbocycles. The zero-order valence-corrected chi connectivity index (χ0v) is 8.68. The summed E-state index contributed by atoms with van der Waals surface area (Å²) in [6.07, 6.45) is 0. The molecule has 1 aromatic carbocycles. The van der Waals surface area contributed by atoms with E-state index in [-0.39, 0.29) is 12.6 Å². The Morgan fingerprint density at radius 3 is 2.53 bits per heavy atom. The molecule has 4 N–H and O–H groups in total. The van der Waals surface area contributed by atoms with Crippen LogP contribution < -0.4 is 11.1 Å². The molecule has 0 fully saturated rings. The standard InChI is InChI=1S/C11H16N2O2/c1-8(11(12)15)13-10(7-14)9-5-3-2-4-6-9/h2-6,8,10,13-14H,7H2,1H3,(H2,12,15). The summed E-state index contributed by atoms with van der Waals surface area (Å²) in [5, 5.41) is 12.2. The number of hydrogen-bond acceptors (Lipinski definition) is 3. The van der Waals surface area contributed by atoms with Gasteiger partial charge in [-0.05, 0) is 12.5 Å². The van der Waals surface area contributed by atoms with Gasteiger partial charge in [0, 0.05) is 0 Å². The molecule has 4 heteroatoms. The molecule has 0 heterocycles. The molecular formula is C11H16N2O2. The van der Waals surface area contributed by atoms with Crippen LogP contribution >= 0.6 is 0 Å². The van der Waals surface area contributed by atoms with Gasteiger partial charge in [-0.25, -0.2) is 0 Å². The maximum absolute atomic E-state index is 10.9. The lowest BCUT2D eigenvalue weighted by molar-refractivity contribution is -0.119. The Morgan fingerprint density at radius 2 is 2.07 bits per heavy atom. The third-order valence-corrected chi connectivity index (χ3v) is 2.26. The first-order valence-electron chi connectivity index (χ1n) is 4.86. The third-order valence-electron chi connectivity index (χ3n) is 2.26. The number of amides is 1. The minimum Gasteiger partial charge on any atom is -0.394 e. The topological polar surface area (TPSA) is 75.3 Å². The number of benzene rings is 1. The molecule has 0 spiro atoms. The number of rotatable bonds is 5. The number of primary amides is 1. The fourth-order valence-corrected chi connectivity index (χ4v) is 1.32. The van der Waals surface area contributed by atoms with E-state index in [2.05, 4.69) is 5.32 Å². The highest BCUT2D eigenvalue weighted by Crippen LogP contribution is 2.12. The van der Waals surface area contributed by atoms with Crippen molar-refractivity contribution in [1.29, 1.82) is 0 Å². The molecule has 4 nitrogen and oxygen atoms in total. The van der Waals surface area contributed by atoms with Gasteiger partial charge in [0.2, 0.25) is 5.91 Å². The van der Waals surface area contributed by atoms with Gasteiger partial charge in [-0.1, -0.05) is 30.3 Å². The lowest BCUT2D eigenvalue weighted by Crippen LogP contribution is -2.41. The monoisotopic (exact) mass is 208 g/mol. The molecule has 0 aliphatic heterocycles. The van der Waals surface area contributed by atoms with Crippen LogP contribution in [0.3, 0.4) is 0 Å². The van der Waals surface area contributed by atoms with Gasteiger partial charge in [0.05, 0.1) is 18.7 Å². The van der Waals surface area contributed by atoms with Crippen molar-refractivity contribution in [2.24, 2.45) is 5.73 Å². The summed E-state index contributed by atoms with van der Waals surface area (Å²) in [6, 6.07) is 8.73. The summed E-state index contributed by atoms with van der Waals surface area (Å²) >= 11 is 0. The van der Waals surface area contributed by atoms with Crippen molar-refractivity contribution in [3.8, 4) is 0 Å². The van der Waals surface area contributed by atoms with Crippen LogP contribution in [0.1, 0.15) is 18.5 Å². The molecule has 0 aliphatic rings. The van der Waals surface area contributed by atoms with E-state index in [9.17, 15) is 9.90 Å². The summed E-state index contributed by atoms with van der Waals surface area (Å²) in [5.41, 5.74) is 6.07. The van der Waals surface area contributed by atoms with Crippen LogP contribution in [-0.2, 0) is 4.79 Å². The number of nitrogens with two attached hydrogens (primary N) is 1. The Labute approximate surface area is 89.1 Å². The summed E-state index contributed by atoms with van der Waals surface area (Å²) in [4.78, 5) is 10.9. The first-order valence-corrected chi connectivity index (χ1v) is 4.86. The SMILES string of the molecule is CC(NC(CO)c1ccccc1)C(N)=O. The molecule has 0 saturated heterocycles. The van der Waals surface area contributed by atoms with Crippen molar-refractivity contribution in [3.05, 3.63) is 35.9 Å². The molecule has 0 bridgehead atoms. The minimum atomic E-state index is -0.456. The second-order valence-corrected chi connectivity index (χ2v) is 3.44. The van der Waals surface area contributed by atoms with E-state index in [1.54, 1.807) is 6.92 Å². The van der Waals surface area contributed by atoms with Gasteiger partial charge >= 0.3 is 0 Å². The second-order valence-electron chi connectivity index (χ2n) is 3.44. The number of carbonyl (C=O) groups excluding carboxylic acids is 1. The normalized spacial score (nSPS) is 14.5. The largest absolute Gasteiger partial charge is 0.394 e. The molecular weight excluding hydrogens is 192 g/mol. The van der Waals surface area contributed by atoms with Crippen LogP contribution in [0.25, 0.3) is 0 Å². The predicted octanol–water partition coefficient (Wildman–Crippen LogP) is 0.183. The Morgan fingerprint density at radius 1 is 1.47 bits per heavy atom. The van der Waals surface area contributed by atoms with Crippen LogP contribution in [0.2, 0.25) is 0 Å². The van der Waals surface area contributed by atoms with Crippen molar-refractivity contribution < 1.29 is 9.90 Å². The number of nitrogens with one attached hydrogen (secondary N) is 1. The van der Waals surface area contributed by atoms with E-state index in [0.717, 1.165) is 5.56 Å². The highest BCUT2D eigenvalue weighted by Gasteiger charge is 2.15. The Bertz CT molecular complexity index is 314. The molecule has 0 aromatic heterocycles. The van der Waals surface area contributed by atoms with Crippen LogP contribution in [0.4, 0.5) is 0 Å². The number of hydrogen-bond donors (Lipinski definition) is 3. The highest BCUT2D eigenvalue weighted by atomic mass is 16.3. The lowest BCUT2D eigenvalue weighted by atomic mass is 10.1. The number of aliphatic hydroxyl groups is 1. The lowest BCUT2D eigenvalue weighted by Gasteiger charge is -2.19. The maximum atomic E-state index is 10.9. The summed E-state index contributed by atoms with van der Waals surface area (Å²) in [6.45, 7) is 1.61. The zero-order chi connectivity index (χ0) is 11.3. The van der Waals surface area contributed by atoms with Crippen LogP contribution in [0.5, 0.6) is 0 Å². The molecule has 15 heavy (non-hydrogen) atoms. The van der Waals surface area contributed by atoms with E-state index in [1.165, 1.54) is 0 Å². The fourth-order valence-electron chi connectivity index (χ4n) is 1.32. The number of aliphatic hydroxyl groups excluding tert-OH is 1. The van der Waals surface area contributed by atoms with Crippen molar-refractivity contribution in [2.45, 2.75) is 19.0 Å². The second kappa shape index (κ2) is 5.48. The van der Waals surface area contributed by atoms with Crippen LogP contribution in [0.15, 0.2) is 30.3 Å². The van der Waals surface area contributed by atoms with E-state index in [0.29, 0.717) is 0 Å². The van der Waals surface area contributed by atoms with Crippen molar-refractivity contribution in [1.82, 2.24) is 5.32 Å². The maximum Gasteiger partial charge on any atom is 0.234 e. The van der Waals surface area contributed by atoms with Crippen LogP contribution in [0, 0.1) is 0 Å². The Hall–Kier alpha value is -1.39. The van der Waals surface area contributed by atoms with Gasteiger partial charge < -0.3 is 10.8 Å². The summed E-state index contributed by atoms with van der Waals surface area (Å²) in [7, 11) is 0. The van der Waals surface area contributed by atoms with Gasteiger partial charge in [-0.15, -0.1) is 0 Å². The van der Waals surface area contributed by atoms with Crippen molar-refractivity contribution >= 4 is 5.91 Å². The highest BCUT2D eigenvalue weighted by molar-refractivity contribution is 5.79. The first-order chi connectivity index (χ1) is 7.15. The molecule has 1 amide bonds. The van der Waals surface area contributed by atoms with E-state index < -0.39 is 11.9 Å². The van der Waals surface area contributed by atoms with Gasteiger partial charge in [0.1, 0.15) is 0 Å². The predicted molar refractivity (Wildman–Crippen MR) is 58.1 cm³/mol. The smallest absolute Gasteiger partial charge is 0.234 e. The third kappa shape index (κ3) is 3.34. The minimum absolute atomic E-state index is 0.0678. The van der Waals surface area contributed by atoms with Crippen LogP contribution in [-0.4, -0.2) is 23.7 Å². The quantitative estimate of drug-likeness (QED) is 0.646. The zero-order valence-electron chi connectivity index (χ0n) is 8.68. The molecule has 0 radical (unpaired) electrons. The molecule has 82 valence electrons. The summed E-state index contributed by atoms with van der Waals surface area (Å²) < 4.78 is 0. The van der Waals surface area contributed by atoms with E-state index in [4.69, 9.17) is 5.73 Å². The molecule has 0 aliphatic carbocycles.